The Morgan fingerprint density at radius 1 is 0.931 bits per heavy atom. The standard InChI is InChI=1S/C21H13NO7/c23-20(12-27-14-7-5-13(6-8-14)22(25)26)28-15-9-10-17-16-3-1-2-4-18(16)21(24)29-19(17)11-15/h1-11H,12H2. The molecule has 0 radical (unpaired) electrons. The van der Waals surface area contributed by atoms with Gasteiger partial charge in [-0.1, -0.05) is 18.2 Å². The van der Waals surface area contributed by atoms with Crippen molar-refractivity contribution in [3.63, 3.8) is 0 Å². The summed E-state index contributed by atoms with van der Waals surface area (Å²) < 4.78 is 15.8. The lowest BCUT2D eigenvalue weighted by Gasteiger charge is -2.08. The first-order valence-corrected chi connectivity index (χ1v) is 8.55. The molecule has 4 rings (SSSR count). The SMILES string of the molecule is O=C(COc1ccc([N+](=O)[O-])cc1)Oc1ccc2c(c1)oc(=O)c1ccccc12. The molecule has 0 atom stereocenters. The van der Waals surface area contributed by atoms with Crippen molar-refractivity contribution >= 4 is 33.4 Å². The quantitative estimate of drug-likeness (QED) is 0.127. The molecule has 29 heavy (non-hydrogen) atoms. The van der Waals surface area contributed by atoms with E-state index in [-0.39, 0.29) is 11.4 Å². The molecule has 0 spiro atoms. The highest BCUT2D eigenvalue weighted by atomic mass is 16.6. The number of benzene rings is 3. The van der Waals surface area contributed by atoms with Gasteiger partial charge < -0.3 is 13.9 Å². The number of nitro benzene ring substituents is 1. The van der Waals surface area contributed by atoms with Gasteiger partial charge in [-0.2, -0.15) is 0 Å². The highest BCUT2D eigenvalue weighted by Gasteiger charge is 2.11. The van der Waals surface area contributed by atoms with E-state index in [2.05, 4.69) is 0 Å². The minimum atomic E-state index is -0.675. The van der Waals surface area contributed by atoms with E-state index in [1.807, 2.05) is 12.1 Å². The van der Waals surface area contributed by atoms with Crippen molar-refractivity contribution in [1.29, 1.82) is 0 Å². The third-order valence-corrected chi connectivity index (χ3v) is 4.23. The van der Waals surface area contributed by atoms with Crippen molar-refractivity contribution < 1.29 is 23.6 Å². The minimum Gasteiger partial charge on any atom is -0.482 e. The first-order valence-electron chi connectivity index (χ1n) is 8.55. The average Bonchev–Trinajstić information content (AvgIpc) is 2.72. The van der Waals surface area contributed by atoms with Gasteiger partial charge in [0.05, 0.1) is 10.3 Å². The Balaban J connectivity index is 1.48. The van der Waals surface area contributed by atoms with Crippen LogP contribution in [0.3, 0.4) is 0 Å². The summed E-state index contributed by atoms with van der Waals surface area (Å²) in [4.78, 5) is 34.2. The van der Waals surface area contributed by atoms with E-state index in [0.717, 1.165) is 10.8 Å². The second kappa shape index (κ2) is 7.43. The Morgan fingerprint density at radius 2 is 1.62 bits per heavy atom. The number of rotatable bonds is 5. The molecule has 0 saturated carbocycles. The molecule has 4 aromatic rings. The molecular formula is C21H13NO7. The molecule has 8 heteroatoms. The Morgan fingerprint density at radius 3 is 2.34 bits per heavy atom. The molecule has 0 aliphatic heterocycles. The molecule has 144 valence electrons. The maximum atomic E-state index is 12.1. The zero-order chi connectivity index (χ0) is 20.4. The van der Waals surface area contributed by atoms with Crippen molar-refractivity contribution in [3.05, 3.63) is 87.3 Å². The van der Waals surface area contributed by atoms with Crippen LogP contribution in [0.1, 0.15) is 0 Å². The second-order valence-corrected chi connectivity index (χ2v) is 6.11. The molecule has 8 nitrogen and oxygen atoms in total. The minimum absolute atomic E-state index is 0.0786. The summed E-state index contributed by atoms with van der Waals surface area (Å²) in [6.07, 6.45) is 0. The zero-order valence-electron chi connectivity index (χ0n) is 14.9. The van der Waals surface area contributed by atoms with Gasteiger partial charge in [0.25, 0.3) is 5.69 Å². The fourth-order valence-corrected chi connectivity index (χ4v) is 2.89. The van der Waals surface area contributed by atoms with Crippen molar-refractivity contribution in [3.8, 4) is 11.5 Å². The Bertz CT molecular complexity index is 1290. The number of esters is 1. The average molecular weight is 391 g/mol. The van der Waals surface area contributed by atoms with Gasteiger partial charge in [-0.05, 0) is 35.7 Å². The Hall–Kier alpha value is -4.20. The van der Waals surface area contributed by atoms with Gasteiger partial charge in [0.2, 0.25) is 0 Å². The summed E-state index contributed by atoms with van der Waals surface area (Å²) in [6, 6.07) is 17.2. The molecule has 0 unspecified atom stereocenters. The number of nitrogens with zero attached hydrogens (tertiary/aromatic N) is 1. The first-order chi connectivity index (χ1) is 14.0. The van der Waals surface area contributed by atoms with Gasteiger partial charge in [-0.25, -0.2) is 9.59 Å². The van der Waals surface area contributed by atoms with Crippen LogP contribution in [0.2, 0.25) is 0 Å². The summed E-state index contributed by atoms with van der Waals surface area (Å²) in [6.45, 7) is -0.391. The Labute approximate surface area is 163 Å². The predicted octanol–water partition coefficient (Wildman–Crippen LogP) is 3.84. The number of hydrogen-bond donors (Lipinski definition) is 0. The number of ether oxygens (including phenoxy) is 2. The van der Waals surface area contributed by atoms with E-state index in [1.54, 1.807) is 24.3 Å². The molecule has 0 bridgehead atoms. The van der Waals surface area contributed by atoms with Crippen molar-refractivity contribution in [1.82, 2.24) is 0 Å². The van der Waals surface area contributed by atoms with Crippen molar-refractivity contribution in [2.24, 2.45) is 0 Å². The molecule has 0 saturated heterocycles. The molecule has 0 N–H and O–H groups in total. The lowest BCUT2D eigenvalue weighted by Crippen LogP contribution is -2.17. The lowest BCUT2D eigenvalue weighted by molar-refractivity contribution is -0.384. The topological polar surface area (TPSA) is 109 Å². The number of nitro groups is 1. The van der Waals surface area contributed by atoms with Crippen molar-refractivity contribution in [2.45, 2.75) is 0 Å². The normalized spacial score (nSPS) is 10.8. The Kier molecular flexibility index (Phi) is 4.66. The predicted molar refractivity (Wildman–Crippen MR) is 104 cm³/mol. The monoisotopic (exact) mass is 391 g/mol. The molecule has 0 amide bonds. The lowest BCUT2D eigenvalue weighted by atomic mass is 10.1. The van der Waals surface area contributed by atoms with Gasteiger partial charge in [-0.15, -0.1) is 0 Å². The molecule has 0 aliphatic carbocycles. The smallest absolute Gasteiger partial charge is 0.349 e. The van der Waals surface area contributed by atoms with E-state index in [0.29, 0.717) is 16.7 Å². The first kappa shape index (κ1) is 18.2. The molecule has 1 aromatic heterocycles. The summed E-state index contributed by atoms with van der Waals surface area (Å²) in [5, 5.41) is 12.6. The zero-order valence-corrected chi connectivity index (χ0v) is 14.9. The molecular weight excluding hydrogens is 378 g/mol. The number of carbonyl (C=O) groups excluding carboxylic acids is 1. The second-order valence-electron chi connectivity index (χ2n) is 6.11. The number of fused-ring (bicyclic) bond motifs is 3. The number of non-ortho nitro benzene ring substituents is 1. The molecule has 0 fully saturated rings. The van der Waals surface area contributed by atoms with Crippen LogP contribution in [0.25, 0.3) is 21.7 Å². The van der Waals surface area contributed by atoms with E-state index < -0.39 is 23.1 Å². The van der Waals surface area contributed by atoms with Gasteiger partial charge >= 0.3 is 11.6 Å². The highest BCUT2D eigenvalue weighted by Crippen LogP contribution is 2.26. The largest absolute Gasteiger partial charge is 0.482 e. The fourth-order valence-electron chi connectivity index (χ4n) is 2.89. The molecule has 0 aliphatic rings. The van der Waals surface area contributed by atoms with Gasteiger partial charge in [0, 0.05) is 23.6 Å². The third-order valence-electron chi connectivity index (χ3n) is 4.23. The van der Waals surface area contributed by atoms with Gasteiger partial charge in [0.1, 0.15) is 17.1 Å². The van der Waals surface area contributed by atoms with Crippen LogP contribution in [-0.2, 0) is 4.79 Å². The van der Waals surface area contributed by atoms with Crippen molar-refractivity contribution in [2.75, 3.05) is 6.61 Å². The summed E-state index contributed by atoms with van der Waals surface area (Å²) in [7, 11) is 0. The van der Waals surface area contributed by atoms with Gasteiger partial charge in [-0.3, -0.25) is 10.1 Å². The van der Waals surface area contributed by atoms with E-state index in [9.17, 15) is 19.7 Å². The number of hydrogen-bond acceptors (Lipinski definition) is 7. The molecule has 3 aromatic carbocycles. The van der Waals surface area contributed by atoms with Crippen LogP contribution in [0.15, 0.2) is 75.9 Å². The maximum absolute atomic E-state index is 12.1. The fraction of sp³-hybridized carbons (Fsp3) is 0.0476. The van der Waals surface area contributed by atoms with Gasteiger partial charge in [0.15, 0.2) is 6.61 Å². The van der Waals surface area contributed by atoms with Crippen LogP contribution in [0.5, 0.6) is 11.5 Å². The van der Waals surface area contributed by atoms with E-state index in [1.165, 1.54) is 30.3 Å². The molecule has 1 heterocycles. The van der Waals surface area contributed by atoms with Crippen LogP contribution in [0.4, 0.5) is 5.69 Å². The van der Waals surface area contributed by atoms with E-state index in [4.69, 9.17) is 13.9 Å². The van der Waals surface area contributed by atoms with Crippen LogP contribution < -0.4 is 15.1 Å². The number of carbonyl (C=O) groups is 1. The highest BCUT2D eigenvalue weighted by molar-refractivity contribution is 6.04. The van der Waals surface area contributed by atoms with E-state index >= 15 is 0 Å². The van der Waals surface area contributed by atoms with Crippen LogP contribution in [-0.4, -0.2) is 17.5 Å². The maximum Gasteiger partial charge on any atom is 0.349 e. The third kappa shape index (κ3) is 3.77. The summed E-state index contributed by atoms with van der Waals surface area (Å²) >= 11 is 0. The van der Waals surface area contributed by atoms with Crippen LogP contribution in [0, 0.1) is 10.1 Å². The summed E-state index contributed by atoms with van der Waals surface area (Å²) in [5.41, 5.74) is -0.251. The summed E-state index contributed by atoms with van der Waals surface area (Å²) in [5.74, 6) is -0.178. The van der Waals surface area contributed by atoms with Crippen LogP contribution >= 0.6 is 0 Å².